The maximum absolute atomic E-state index is 13.3. The molecule has 0 saturated heterocycles. The van der Waals surface area contributed by atoms with E-state index in [0.29, 0.717) is 11.8 Å². The highest BCUT2D eigenvalue weighted by Crippen LogP contribution is 2.32. The zero-order chi connectivity index (χ0) is 13.3. The number of H-pyrrole nitrogens is 1. The van der Waals surface area contributed by atoms with Gasteiger partial charge in [0.2, 0.25) is 0 Å². The lowest BCUT2D eigenvalue weighted by atomic mass is 10.0. The Morgan fingerprint density at radius 1 is 1.28 bits per heavy atom. The maximum Gasteiger partial charge on any atom is 0.419 e. The quantitative estimate of drug-likeness (QED) is 0.811. The number of benzene rings is 1. The molecule has 1 aromatic carbocycles. The highest BCUT2D eigenvalue weighted by atomic mass is 19.4. The van der Waals surface area contributed by atoms with Crippen LogP contribution in [-0.4, -0.2) is 15.4 Å². The fourth-order valence-electron chi connectivity index (χ4n) is 1.49. The van der Waals surface area contributed by atoms with Gasteiger partial charge in [-0.3, -0.25) is 0 Å². The molecule has 96 valence electrons. The Bertz CT molecular complexity index is 535. The van der Waals surface area contributed by atoms with Crippen molar-refractivity contribution in [3.05, 3.63) is 47.0 Å². The molecule has 0 bridgehead atoms. The average Bonchev–Trinajstić information content (AvgIpc) is 2.79. The predicted octanol–water partition coefficient (Wildman–Crippen LogP) is 2.01. The van der Waals surface area contributed by atoms with Crippen molar-refractivity contribution >= 4 is 0 Å². The predicted molar refractivity (Wildman–Crippen MR) is 53.8 cm³/mol. The first-order valence-corrected chi connectivity index (χ1v) is 4.87. The molecule has 0 fully saturated rings. The number of hydrogen-bond acceptors (Lipinski definition) is 3. The monoisotopic (exact) mass is 260 g/mol. The zero-order valence-corrected chi connectivity index (χ0v) is 8.87. The van der Waals surface area contributed by atoms with Crippen molar-refractivity contribution in [1.82, 2.24) is 15.4 Å². The van der Waals surface area contributed by atoms with Gasteiger partial charge in [0.1, 0.15) is 11.5 Å². The third-order valence-corrected chi connectivity index (χ3v) is 2.41. The highest BCUT2D eigenvalue weighted by Gasteiger charge is 2.34. The van der Waals surface area contributed by atoms with E-state index in [1.165, 1.54) is 6.20 Å². The molecule has 2 aromatic rings. The normalized spacial score (nSPS) is 13.6. The Kier molecular flexibility index (Phi) is 3.04. The molecule has 18 heavy (non-hydrogen) atoms. The van der Waals surface area contributed by atoms with E-state index in [1.54, 1.807) is 0 Å². The van der Waals surface area contributed by atoms with Gasteiger partial charge in [-0.05, 0) is 17.7 Å². The number of alkyl halides is 3. The minimum atomic E-state index is -4.72. The van der Waals surface area contributed by atoms with Gasteiger partial charge < -0.3 is 5.73 Å². The van der Waals surface area contributed by atoms with Crippen LogP contribution in [0.15, 0.2) is 24.4 Å². The molecule has 0 radical (unpaired) electrons. The highest BCUT2D eigenvalue weighted by molar-refractivity contribution is 5.31. The van der Waals surface area contributed by atoms with Crippen LogP contribution in [0, 0.1) is 5.82 Å². The Hall–Kier alpha value is -1.96. The summed E-state index contributed by atoms with van der Waals surface area (Å²) >= 11 is 0. The summed E-state index contributed by atoms with van der Waals surface area (Å²) in [5, 5.41) is 9.52. The van der Waals surface area contributed by atoms with Crippen LogP contribution in [0.5, 0.6) is 0 Å². The summed E-state index contributed by atoms with van der Waals surface area (Å²) in [5.74, 6) is -1.36. The summed E-state index contributed by atoms with van der Waals surface area (Å²) in [6.45, 7) is 0. The maximum atomic E-state index is 13.3. The van der Waals surface area contributed by atoms with Crippen LogP contribution in [0.3, 0.4) is 0 Å². The van der Waals surface area contributed by atoms with Crippen LogP contribution < -0.4 is 5.73 Å². The van der Waals surface area contributed by atoms with Crippen LogP contribution >= 0.6 is 0 Å². The first-order chi connectivity index (χ1) is 8.39. The molecule has 1 aromatic heterocycles. The SMILES string of the molecule is NC(c1ccc(C(F)(F)F)c(F)c1)c1cn[nH]n1. The van der Waals surface area contributed by atoms with E-state index >= 15 is 0 Å². The Morgan fingerprint density at radius 3 is 2.50 bits per heavy atom. The molecule has 1 unspecified atom stereocenters. The zero-order valence-electron chi connectivity index (χ0n) is 8.87. The molecule has 3 N–H and O–H groups in total. The van der Waals surface area contributed by atoms with Gasteiger partial charge in [-0.15, -0.1) is 0 Å². The fraction of sp³-hybridized carbons (Fsp3) is 0.200. The second kappa shape index (κ2) is 4.37. The Labute approximate surface area is 98.8 Å². The standard InChI is InChI=1S/C10H8F4N4/c11-7-3-5(1-2-6(7)10(12,13)14)9(15)8-4-16-18-17-8/h1-4,9H,15H2,(H,16,17,18). The van der Waals surface area contributed by atoms with Gasteiger partial charge in [-0.2, -0.15) is 28.6 Å². The third kappa shape index (κ3) is 2.33. The number of nitrogens with zero attached hydrogens (tertiary/aromatic N) is 2. The third-order valence-electron chi connectivity index (χ3n) is 2.41. The lowest BCUT2D eigenvalue weighted by molar-refractivity contribution is -0.140. The van der Waals surface area contributed by atoms with Crippen molar-refractivity contribution in [3.63, 3.8) is 0 Å². The number of nitrogens with one attached hydrogen (secondary N) is 1. The lowest BCUT2D eigenvalue weighted by Gasteiger charge is -2.12. The number of halogens is 4. The molecule has 0 spiro atoms. The molecule has 0 aliphatic rings. The van der Waals surface area contributed by atoms with Crippen molar-refractivity contribution in [2.24, 2.45) is 5.73 Å². The first-order valence-electron chi connectivity index (χ1n) is 4.87. The van der Waals surface area contributed by atoms with Crippen LogP contribution in [0.25, 0.3) is 0 Å². The van der Waals surface area contributed by atoms with Gasteiger partial charge in [0.05, 0.1) is 17.8 Å². The first kappa shape index (κ1) is 12.5. The minimum absolute atomic E-state index is 0.189. The Morgan fingerprint density at radius 2 is 2.00 bits per heavy atom. The summed E-state index contributed by atoms with van der Waals surface area (Å²) in [5.41, 5.74) is 4.90. The molecule has 4 nitrogen and oxygen atoms in total. The molecule has 0 aliphatic carbocycles. The molecule has 0 saturated carbocycles. The second-order valence-electron chi connectivity index (χ2n) is 3.61. The summed E-state index contributed by atoms with van der Waals surface area (Å²) < 4.78 is 50.4. The van der Waals surface area contributed by atoms with E-state index in [1.807, 2.05) is 0 Å². The van der Waals surface area contributed by atoms with Crippen molar-refractivity contribution in [1.29, 1.82) is 0 Å². The number of aromatic nitrogens is 3. The number of rotatable bonds is 2. The van der Waals surface area contributed by atoms with Crippen molar-refractivity contribution in [2.45, 2.75) is 12.2 Å². The Balaban J connectivity index is 2.35. The minimum Gasteiger partial charge on any atom is -0.319 e. The smallest absolute Gasteiger partial charge is 0.319 e. The lowest BCUT2D eigenvalue weighted by Crippen LogP contribution is -2.14. The summed E-state index contributed by atoms with van der Waals surface area (Å²) in [6, 6.07) is 1.69. The molecular formula is C10H8F4N4. The van der Waals surface area contributed by atoms with Crippen molar-refractivity contribution in [2.75, 3.05) is 0 Å². The average molecular weight is 260 g/mol. The molecule has 0 amide bonds. The molecule has 1 heterocycles. The summed E-state index contributed by atoms with van der Waals surface area (Å²) in [4.78, 5) is 0. The molecule has 2 rings (SSSR count). The fourth-order valence-corrected chi connectivity index (χ4v) is 1.49. The van der Waals surface area contributed by atoms with E-state index in [0.717, 1.165) is 12.1 Å². The van der Waals surface area contributed by atoms with E-state index in [-0.39, 0.29) is 5.56 Å². The van der Waals surface area contributed by atoms with Crippen molar-refractivity contribution < 1.29 is 17.6 Å². The second-order valence-corrected chi connectivity index (χ2v) is 3.61. The van der Waals surface area contributed by atoms with Crippen LogP contribution in [0.2, 0.25) is 0 Å². The molecular weight excluding hydrogens is 252 g/mol. The van der Waals surface area contributed by atoms with E-state index in [9.17, 15) is 17.6 Å². The largest absolute Gasteiger partial charge is 0.419 e. The number of hydrogen-bond donors (Lipinski definition) is 2. The molecule has 8 heteroatoms. The molecule has 0 aliphatic heterocycles. The van der Waals surface area contributed by atoms with Gasteiger partial charge in [0.15, 0.2) is 0 Å². The van der Waals surface area contributed by atoms with E-state index < -0.39 is 23.6 Å². The van der Waals surface area contributed by atoms with Crippen molar-refractivity contribution in [3.8, 4) is 0 Å². The van der Waals surface area contributed by atoms with Crippen LogP contribution in [0.4, 0.5) is 17.6 Å². The van der Waals surface area contributed by atoms with Crippen LogP contribution in [-0.2, 0) is 6.18 Å². The topological polar surface area (TPSA) is 67.6 Å². The van der Waals surface area contributed by atoms with Gasteiger partial charge >= 0.3 is 6.18 Å². The summed E-state index contributed by atoms with van der Waals surface area (Å²) in [7, 11) is 0. The molecule has 1 atom stereocenters. The van der Waals surface area contributed by atoms with Gasteiger partial charge in [0, 0.05) is 0 Å². The number of aromatic amines is 1. The van der Waals surface area contributed by atoms with E-state index in [2.05, 4.69) is 15.4 Å². The van der Waals surface area contributed by atoms with E-state index in [4.69, 9.17) is 5.73 Å². The summed E-state index contributed by atoms with van der Waals surface area (Å²) in [6.07, 6.45) is -3.40. The van der Waals surface area contributed by atoms with Gasteiger partial charge in [0.25, 0.3) is 0 Å². The van der Waals surface area contributed by atoms with Gasteiger partial charge in [-0.25, -0.2) is 4.39 Å². The van der Waals surface area contributed by atoms with Gasteiger partial charge in [-0.1, -0.05) is 6.07 Å². The van der Waals surface area contributed by atoms with Crippen LogP contribution in [0.1, 0.15) is 22.9 Å². The number of nitrogens with two attached hydrogens (primary N) is 1.